The van der Waals surface area contributed by atoms with Gasteiger partial charge in [-0.15, -0.1) is 0 Å². The highest BCUT2D eigenvalue weighted by Crippen LogP contribution is 2.17. The second kappa shape index (κ2) is 4.67. The Labute approximate surface area is 107 Å². The lowest BCUT2D eigenvalue weighted by molar-refractivity contribution is 0.0821. The third kappa shape index (κ3) is 2.36. The number of carbonyl (C=O) groups is 1. The highest BCUT2D eigenvalue weighted by atomic mass is 79.9. The second-order valence-electron chi connectivity index (χ2n) is 3.65. The first-order chi connectivity index (χ1) is 8.09. The summed E-state index contributed by atoms with van der Waals surface area (Å²) >= 11 is 3.39. The topological polar surface area (TPSA) is 51.0 Å². The van der Waals surface area contributed by atoms with E-state index >= 15 is 0 Å². The Bertz CT molecular complexity index is 550. The maximum absolute atomic E-state index is 11.7. The summed E-state index contributed by atoms with van der Waals surface area (Å²) < 4.78 is 2.40. The molecule has 1 amide bonds. The van der Waals surface area contributed by atoms with Gasteiger partial charge in [0.1, 0.15) is 0 Å². The van der Waals surface area contributed by atoms with Crippen molar-refractivity contribution >= 4 is 21.8 Å². The minimum atomic E-state index is -0.129. The molecule has 0 aliphatic rings. The largest absolute Gasteiger partial charge is 0.343 e. The van der Waals surface area contributed by atoms with Gasteiger partial charge in [0.05, 0.1) is 4.47 Å². The van der Waals surface area contributed by atoms with Gasteiger partial charge in [0.2, 0.25) is 0 Å². The molecule has 0 aliphatic heterocycles. The number of hydrogen-bond acceptors (Lipinski definition) is 3. The maximum atomic E-state index is 11.7. The second-order valence-corrected chi connectivity index (χ2v) is 4.51. The summed E-state index contributed by atoms with van der Waals surface area (Å²) in [5, 5.41) is 4.20. The molecule has 2 rings (SSSR count). The Morgan fingerprint density at radius 1 is 1.41 bits per heavy atom. The summed E-state index contributed by atoms with van der Waals surface area (Å²) in [7, 11) is 3.38. The predicted molar refractivity (Wildman–Crippen MR) is 67.1 cm³/mol. The molecule has 0 saturated heterocycles. The maximum Gasteiger partial charge on any atom is 0.273 e. The number of halogens is 1. The van der Waals surface area contributed by atoms with Gasteiger partial charge in [0, 0.05) is 26.5 Å². The molecule has 5 nitrogen and oxygen atoms in total. The normalized spacial score (nSPS) is 10.3. The Morgan fingerprint density at radius 3 is 2.82 bits per heavy atom. The highest BCUT2D eigenvalue weighted by molar-refractivity contribution is 9.10. The monoisotopic (exact) mass is 294 g/mol. The number of amides is 1. The van der Waals surface area contributed by atoms with Crippen molar-refractivity contribution in [2.75, 3.05) is 14.1 Å². The first-order valence-electron chi connectivity index (χ1n) is 4.98. The number of rotatable bonds is 2. The molecule has 0 fully saturated rings. The molecule has 0 spiro atoms. The first-order valence-corrected chi connectivity index (χ1v) is 5.77. The number of pyridine rings is 1. The van der Waals surface area contributed by atoms with E-state index in [2.05, 4.69) is 26.0 Å². The molecule has 2 aromatic rings. The van der Waals surface area contributed by atoms with Gasteiger partial charge in [-0.25, -0.2) is 9.67 Å². The third-order valence-corrected chi connectivity index (χ3v) is 2.79. The van der Waals surface area contributed by atoms with Crippen LogP contribution in [0.15, 0.2) is 35.1 Å². The molecule has 0 radical (unpaired) electrons. The molecule has 88 valence electrons. The van der Waals surface area contributed by atoms with Gasteiger partial charge >= 0.3 is 0 Å². The van der Waals surface area contributed by atoms with Crippen molar-refractivity contribution in [2.24, 2.45) is 0 Å². The van der Waals surface area contributed by atoms with Crippen LogP contribution in [-0.4, -0.2) is 39.7 Å². The molecular weight excluding hydrogens is 284 g/mol. The van der Waals surface area contributed by atoms with Gasteiger partial charge < -0.3 is 4.90 Å². The van der Waals surface area contributed by atoms with E-state index in [0.29, 0.717) is 11.5 Å². The van der Waals surface area contributed by atoms with E-state index in [1.165, 1.54) is 4.90 Å². The molecule has 0 saturated carbocycles. The zero-order chi connectivity index (χ0) is 12.4. The lowest BCUT2D eigenvalue weighted by atomic mass is 10.4. The fourth-order valence-electron chi connectivity index (χ4n) is 1.33. The van der Waals surface area contributed by atoms with E-state index in [9.17, 15) is 4.79 Å². The summed E-state index contributed by atoms with van der Waals surface area (Å²) in [5.41, 5.74) is 0.396. The zero-order valence-electron chi connectivity index (χ0n) is 9.46. The lowest BCUT2D eigenvalue weighted by Crippen LogP contribution is -2.22. The smallest absolute Gasteiger partial charge is 0.273 e. The summed E-state index contributed by atoms with van der Waals surface area (Å²) in [4.78, 5) is 17.4. The Kier molecular flexibility index (Phi) is 3.23. The SMILES string of the molecule is CN(C)C(=O)c1ccn(-c2ncccc2Br)n1. The molecule has 6 heteroatoms. The van der Waals surface area contributed by atoms with Crippen LogP contribution >= 0.6 is 15.9 Å². The Morgan fingerprint density at radius 2 is 2.18 bits per heavy atom. The summed E-state index contributed by atoms with van der Waals surface area (Å²) in [6.45, 7) is 0. The first kappa shape index (κ1) is 11.8. The van der Waals surface area contributed by atoms with Gasteiger partial charge in [-0.2, -0.15) is 5.10 Å². The van der Waals surface area contributed by atoms with Crippen LogP contribution in [0.4, 0.5) is 0 Å². The van der Waals surface area contributed by atoms with Crippen LogP contribution in [0, 0.1) is 0 Å². The number of aromatic nitrogens is 3. The Hall–Kier alpha value is -1.69. The summed E-state index contributed by atoms with van der Waals surface area (Å²) in [5.74, 6) is 0.529. The van der Waals surface area contributed by atoms with Crippen LogP contribution in [-0.2, 0) is 0 Å². The molecule has 0 aliphatic carbocycles. The van der Waals surface area contributed by atoms with Crippen molar-refractivity contribution in [1.82, 2.24) is 19.7 Å². The van der Waals surface area contributed by atoms with Crippen molar-refractivity contribution in [3.05, 3.63) is 40.8 Å². The minimum absolute atomic E-state index is 0.129. The van der Waals surface area contributed by atoms with E-state index in [-0.39, 0.29) is 5.91 Å². The van der Waals surface area contributed by atoms with Gasteiger partial charge in [-0.1, -0.05) is 0 Å². The van der Waals surface area contributed by atoms with Crippen LogP contribution in [0.2, 0.25) is 0 Å². The average molecular weight is 295 g/mol. The molecular formula is C11H11BrN4O. The molecule has 2 heterocycles. The van der Waals surface area contributed by atoms with Crippen LogP contribution in [0.25, 0.3) is 5.82 Å². The van der Waals surface area contributed by atoms with E-state index in [0.717, 1.165) is 4.47 Å². The van der Waals surface area contributed by atoms with E-state index < -0.39 is 0 Å². The average Bonchev–Trinajstić information content (AvgIpc) is 2.77. The van der Waals surface area contributed by atoms with Crippen molar-refractivity contribution in [3.8, 4) is 5.82 Å². The van der Waals surface area contributed by atoms with Gasteiger partial charge in [-0.3, -0.25) is 4.79 Å². The van der Waals surface area contributed by atoms with Crippen LogP contribution < -0.4 is 0 Å². The van der Waals surface area contributed by atoms with Gasteiger partial charge in [-0.05, 0) is 34.1 Å². The molecule has 17 heavy (non-hydrogen) atoms. The van der Waals surface area contributed by atoms with Crippen molar-refractivity contribution in [1.29, 1.82) is 0 Å². The van der Waals surface area contributed by atoms with Gasteiger partial charge in [0.25, 0.3) is 5.91 Å². The molecule has 2 aromatic heterocycles. The fourth-order valence-corrected chi connectivity index (χ4v) is 1.77. The number of nitrogens with zero attached hydrogens (tertiary/aromatic N) is 4. The summed E-state index contributed by atoms with van der Waals surface area (Å²) in [6.07, 6.45) is 3.39. The number of carbonyl (C=O) groups excluding carboxylic acids is 1. The summed E-state index contributed by atoms with van der Waals surface area (Å²) in [6, 6.07) is 5.36. The molecule has 0 bridgehead atoms. The van der Waals surface area contributed by atoms with Crippen molar-refractivity contribution < 1.29 is 4.79 Å². The van der Waals surface area contributed by atoms with E-state index in [4.69, 9.17) is 0 Å². The van der Waals surface area contributed by atoms with E-state index in [1.54, 1.807) is 37.2 Å². The Balaban J connectivity index is 2.37. The minimum Gasteiger partial charge on any atom is -0.343 e. The molecule has 0 unspecified atom stereocenters. The lowest BCUT2D eigenvalue weighted by Gasteiger charge is -2.07. The standard InChI is InChI=1S/C11H11BrN4O/c1-15(2)11(17)9-5-7-16(14-9)10-8(12)4-3-6-13-10/h3-7H,1-2H3. The molecule has 0 aromatic carbocycles. The third-order valence-electron chi connectivity index (χ3n) is 2.17. The fraction of sp³-hybridized carbons (Fsp3) is 0.182. The quantitative estimate of drug-likeness (QED) is 0.848. The predicted octanol–water partition coefficient (Wildman–Crippen LogP) is 1.73. The highest BCUT2D eigenvalue weighted by Gasteiger charge is 2.13. The van der Waals surface area contributed by atoms with Gasteiger partial charge in [0.15, 0.2) is 11.5 Å². The number of hydrogen-bond donors (Lipinski definition) is 0. The van der Waals surface area contributed by atoms with Crippen LogP contribution in [0.5, 0.6) is 0 Å². The van der Waals surface area contributed by atoms with Crippen LogP contribution in [0.3, 0.4) is 0 Å². The zero-order valence-corrected chi connectivity index (χ0v) is 11.0. The molecule has 0 atom stereocenters. The van der Waals surface area contributed by atoms with E-state index in [1.807, 2.05) is 12.1 Å². The van der Waals surface area contributed by atoms with Crippen LogP contribution in [0.1, 0.15) is 10.5 Å². The van der Waals surface area contributed by atoms with Crippen molar-refractivity contribution in [3.63, 3.8) is 0 Å². The van der Waals surface area contributed by atoms with Crippen molar-refractivity contribution in [2.45, 2.75) is 0 Å². The molecule has 0 N–H and O–H groups in total.